The fraction of sp³-hybridized carbons (Fsp3) is 0.294. The summed E-state index contributed by atoms with van der Waals surface area (Å²) >= 11 is 0. The molecule has 154 valence electrons. The van der Waals surface area contributed by atoms with Crippen molar-refractivity contribution in [1.82, 2.24) is 9.29 Å². The number of nitrogens with zero attached hydrogens (tertiary/aromatic N) is 3. The van der Waals surface area contributed by atoms with Crippen LogP contribution in [0.4, 0.5) is 23.2 Å². The number of halogens is 4. The van der Waals surface area contributed by atoms with Gasteiger partial charge in [0.15, 0.2) is 0 Å². The number of alkyl halides is 3. The second-order valence-corrected chi connectivity index (χ2v) is 8.31. The highest BCUT2D eigenvalue weighted by molar-refractivity contribution is 7.89. The van der Waals surface area contributed by atoms with E-state index in [1.54, 1.807) is 10.8 Å². The van der Waals surface area contributed by atoms with Crippen LogP contribution in [0.15, 0.2) is 40.4 Å². The number of aryl methyl sites for hydroxylation is 1. The molecule has 29 heavy (non-hydrogen) atoms. The first-order valence-electron chi connectivity index (χ1n) is 8.20. The Balaban J connectivity index is 1.91. The molecule has 0 atom stereocenters. The summed E-state index contributed by atoms with van der Waals surface area (Å²) in [6.07, 6.45) is -4.24. The Kier molecular flexibility index (Phi) is 4.92. The van der Waals surface area contributed by atoms with E-state index in [1.165, 1.54) is 17.7 Å². The zero-order valence-corrected chi connectivity index (χ0v) is 15.8. The minimum Gasteiger partial charge on any atom is -0.382 e. The van der Waals surface area contributed by atoms with Gasteiger partial charge in [0.05, 0.1) is 16.9 Å². The Labute approximate surface area is 163 Å². The molecule has 0 spiro atoms. The topological polar surface area (TPSA) is 113 Å². The number of nitriles is 1. The molecule has 7 nitrogen and oxygen atoms in total. The first kappa shape index (κ1) is 20.8. The van der Waals surface area contributed by atoms with Crippen molar-refractivity contribution in [3.63, 3.8) is 0 Å². The fourth-order valence-corrected chi connectivity index (χ4v) is 4.20. The second-order valence-electron chi connectivity index (χ2n) is 6.63. The van der Waals surface area contributed by atoms with Crippen molar-refractivity contribution in [1.29, 1.82) is 5.26 Å². The summed E-state index contributed by atoms with van der Waals surface area (Å²) in [5.41, 5.74) is 3.46. The molecule has 1 aromatic carbocycles. The highest BCUT2D eigenvalue weighted by Crippen LogP contribution is 2.49. The molecule has 0 bridgehead atoms. The van der Waals surface area contributed by atoms with Gasteiger partial charge < -0.3 is 10.3 Å². The van der Waals surface area contributed by atoms with Crippen LogP contribution in [0.1, 0.15) is 24.1 Å². The number of hydrogen-bond donors (Lipinski definition) is 2. The van der Waals surface area contributed by atoms with Crippen LogP contribution in [-0.2, 0) is 17.1 Å². The number of sulfonamides is 1. The summed E-state index contributed by atoms with van der Waals surface area (Å²) in [6.45, 7) is 0. The summed E-state index contributed by atoms with van der Waals surface area (Å²) in [6, 6.07) is 6.20. The van der Waals surface area contributed by atoms with Gasteiger partial charge in [-0.05, 0) is 37.1 Å². The summed E-state index contributed by atoms with van der Waals surface area (Å²) in [4.78, 5) is 3.62. The van der Waals surface area contributed by atoms with Crippen molar-refractivity contribution in [3.05, 3.63) is 47.5 Å². The van der Waals surface area contributed by atoms with Gasteiger partial charge in [0.25, 0.3) is 0 Å². The van der Waals surface area contributed by atoms with Gasteiger partial charge in [-0.2, -0.15) is 23.2 Å². The molecule has 3 rings (SSSR count). The van der Waals surface area contributed by atoms with E-state index in [4.69, 9.17) is 11.0 Å². The van der Waals surface area contributed by atoms with Crippen molar-refractivity contribution in [2.75, 3.05) is 0 Å². The van der Waals surface area contributed by atoms with E-state index in [0.29, 0.717) is 0 Å². The number of aliphatic imine (C=N–C) groups is 1. The van der Waals surface area contributed by atoms with Crippen LogP contribution in [0, 0.1) is 17.1 Å². The Morgan fingerprint density at radius 2 is 2.00 bits per heavy atom. The van der Waals surface area contributed by atoms with Crippen LogP contribution >= 0.6 is 0 Å². The van der Waals surface area contributed by atoms with Crippen LogP contribution in [0.3, 0.4) is 0 Å². The SMILES string of the molecule is Cn1cc(S(=O)(=O)NC2(C(F)(F)F)CC2)cc1C(N)=Nc1ccc(F)c(C#N)c1. The van der Waals surface area contributed by atoms with Gasteiger partial charge in [-0.3, -0.25) is 0 Å². The number of benzene rings is 1. The van der Waals surface area contributed by atoms with E-state index < -0.39 is 32.5 Å². The molecule has 1 aliphatic rings. The lowest BCUT2D eigenvalue weighted by Gasteiger charge is -2.20. The molecule has 3 N–H and O–H groups in total. The van der Waals surface area contributed by atoms with Crippen molar-refractivity contribution in [2.45, 2.75) is 29.5 Å². The average Bonchev–Trinajstić information content (AvgIpc) is 3.29. The largest absolute Gasteiger partial charge is 0.407 e. The van der Waals surface area contributed by atoms with Gasteiger partial charge in [-0.15, -0.1) is 0 Å². The molecule has 1 saturated carbocycles. The highest BCUT2D eigenvalue weighted by atomic mass is 32.2. The molecule has 2 aromatic rings. The number of hydrogen-bond acceptors (Lipinski definition) is 4. The lowest BCUT2D eigenvalue weighted by molar-refractivity contribution is -0.160. The molecular weight excluding hydrogens is 414 g/mol. The Bertz CT molecular complexity index is 1140. The monoisotopic (exact) mass is 429 g/mol. The van der Waals surface area contributed by atoms with E-state index >= 15 is 0 Å². The minimum atomic E-state index is -4.70. The quantitative estimate of drug-likeness (QED) is 0.432. The summed E-state index contributed by atoms with van der Waals surface area (Å²) in [5.74, 6) is -0.900. The van der Waals surface area contributed by atoms with E-state index in [1.807, 2.05) is 0 Å². The zero-order chi connectivity index (χ0) is 21.6. The van der Waals surface area contributed by atoms with Crippen LogP contribution in [0.2, 0.25) is 0 Å². The van der Waals surface area contributed by atoms with Crippen molar-refractivity contribution < 1.29 is 26.0 Å². The number of aromatic nitrogens is 1. The number of rotatable bonds is 5. The van der Waals surface area contributed by atoms with Gasteiger partial charge in [0.2, 0.25) is 10.0 Å². The summed E-state index contributed by atoms with van der Waals surface area (Å²) < 4.78 is 80.4. The molecule has 1 aliphatic carbocycles. The van der Waals surface area contributed by atoms with Crippen LogP contribution in [0.5, 0.6) is 0 Å². The molecule has 12 heteroatoms. The van der Waals surface area contributed by atoms with Gasteiger partial charge >= 0.3 is 6.18 Å². The van der Waals surface area contributed by atoms with Crippen LogP contribution in [-0.4, -0.2) is 30.5 Å². The van der Waals surface area contributed by atoms with Gasteiger partial charge in [-0.1, -0.05) is 0 Å². The van der Waals surface area contributed by atoms with Crippen molar-refractivity contribution in [2.24, 2.45) is 17.8 Å². The van der Waals surface area contributed by atoms with Crippen molar-refractivity contribution >= 4 is 21.5 Å². The van der Waals surface area contributed by atoms with E-state index in [2.05, 4.69) is 4.99 Å². The first-order chi connectivity index (χ1) is 13.4. The average molecular weight is 429 g/mol. The van der Waals surface area contributed by atoms with Gasteiger partial charge in [-0.25, -0.2) is 17.8 Å². The Hall–Kier alpha value is -2.91. The fourth-order valence-electron chi connectivity index (χ4n) is 2.69. The molecule has 0 unspecified atom stereocenters. The third-order valence-corrected chi connectivity index (χ3v) is 6.00. The first-order valence-corrected chi connectivity index (χ1v) is 9.68. The molecular formula is C17H15F4N5O2S. The van der Waals surface area contributed by atoms with Crippen LogP contribution < -0.4 is 10.5 Å². The number of amidine groups is 1. The number of nitrogens with one attached hydrogen (secondary N) is 1. The van der Waals surface area contributed by atoms with E-state index in [0.717, 1.165) is 24.4 Å². The second kappa shape index (κ2) is 6.85. The molecule has 0 radical (unpaired) electrons. The highest BCUT2D eigenvalue weighted by Gasteiger charge is 2.65. The molecule has 0 aliphatic heterocycles. The van der Waals surface area contributed by atoms with Gasteiger partial charge in [0, 0.05) is 13.2 Å². The van der Waals surface area contributed by atoms with Gasteiger partial charge in [0.1, 0.15) is 28.2 Å². The Morgan fingerprint density at radius 1 is 1.34 bits per heavy atom. The Morgan fingerprint density at radius 3 is 2.55 bits per heavy atom. The maximum atomic E-state index is 13.4. The third kappa shape index (κ3) is 3.96. The lowest BCUT2D eigenvalue weighted by atomic mass is 10.2. The smallest absolute Gasteiger partial charge is 0.382 e. The molecule has 1 aromatic heterocycles. The molecule has 0 amide bonds. The molecule has 1 heterocycles. The van der Waals surface area contributed by atoms with Crippen molar-refractivity contribution in [3.8, 4) is 6.07 Å². The van der Waals surface area contributed by atoms with E-state index in [9.17, 15) is 26.0 Å². The lowest BCUT2D eigenvalue weighted by Crippen LogP contribution is -2.47. The normalized spacial score (nSPS) is 16.5. The number of nitrogens with two attached hydrogens (primary N) is 1. The predicted octanol–water partition coefficient (Wildman–Crippen LogP) is 2.45. The molecule has 0 saturated heterocycles. The molecule has 1 fully saturated rings. The summed E-state index contributed by atoms with van der Waals surface area (Å²) in [5, 5.41) is 8.86. The third-order valence-electron chi connectivity index (χ3n) is 4.49. The predicted molar refractivity (Wildman–Crippen MR) is 95.3 cm³/mol. The maximum absolute atomic E-state index is 13.4. The maximum Gasteiger partial charge on any atom is 0.407 e. The standard InChI is InChI=1S/C17H15F4N5O2S/c1-26-9-12(29(27,28)25-16(4-5-16)17(19,20)21)7-14(26)15(23)24-11-2-3-13(18)10(6-11)8-22/h2-3,6-7,9,25H,4-5H2,1H3,(H2,23,24). The summed E-state index contributed by atoms with van der Waals surface area (Å²) in [7, 11) is -3.01. The van der Waals surface area contributed by atoms with E-state index in [-0.39, 0.29) is 35.6 Å². The van der Waals surface area contributed by atoms with Crippen LogP contribution in [0.25, 0.3) is 0 Å². The zero-order valence-electron chi connectivity index (χ0n) is 15.0. The minimum absolute atomic E-state index is 0.116.